The topological polar surface area (TPSA) is 74.2 Å². The summed E-state index contributed by atoms with van der Waals surface area (Å²) in [6.45, 7) is 8.73. The Morgan fingerprint density at radius 3 is 2.45 bits per heavy atom. The highest BCUT2D eigenvalue weighted by atomic mass is 16.5. The second-order valence-electron chi connectivity index (χ2n) is 5.76. The molecule has 0 saturated carbocycles. The van der Waals surface area contributed by atoms with E-state index in [9.17, 15) is 0 Å². The SMILES string of the molecule is CCOc1ccc(-c2nc(C(N)C(C)(C)C)no2)cc1. The maximum Gasteiger partial charge on any atom is 0.257 e. The summed E-state index contributed by atoms with van der Waals surface area (Å²) < 4.78 is 10.7. The van der Waals surface area contributed by atoms with Gasteiger partial charge < -0.3 is 15.0 Å². The summed E-state index contributed by atoms with van der Waals surface area (Å²) in [6, 6.07) is 7.29. The minimum Gasteiger partial charge on any atom is -0.494 e. The number of nitrogens with zero attached hydrogens (tertiary/aromatic N) is 2. The Balaban J connectivity index is 2.20. The molecule has 1 unspecified atom stereocenters. The molecule has 1 atom stereocenters. The van der Waals surface area contributed by atoms with E-state index in [1.165, 1.54) is 0 Å². The molecule has 1 aromatic heterocycles. The van der Waals surface area contributed by atoms with Gasteiger partial charge in [0.1, 0.15) is 5.75 Å². The van der Waals surface area contributed by atoms with Crippen molar-refractivity contribution in [2.45, 2.75) is 33.7 Å². The van der Waals surface area contributed by atoms with E-state index in [0.29, 0.717) is 18.3 Å². The molecular formula is C15H21N3O2. The van der Waals surface area contributed by atoms with Crippen LogP contribution in [0.1, 0.15) is 39.6 Å². The first-order chi connectivity index (χ1) is 9.41. The first-order valence-corrected chi connectivity index (χ1v) is 6.74. The van der Waals surface area contributed by atoms with Crippen molar-refractivity contribution in [1.82, 2.24) is 10.1 Å². The fourth-order valence-corrected chi connectivity index (χ4v) is 1.73. The van der Waals surface area contributed by atoms with Gasteiger partial charge in [0, 0.05) is 5.56 Å². The normalized spacial score (nSPS) is 13.2. The van der Waals surface area contributed by atoms with Crippen molar-refractivity contribution in [1.29, 1.82) is 0 Å². The Morgan fingerprint density at radius 2 is 1.90 bits per heavy atom. The van der Waals surface area contributed by atoms with Gasteiger partial charge >= 0.3 is 0 Å². The quantitative estimate of drug-likeness (QED) is 0.927. The smallest absolute Gasteiger partial charge is 0.257 e. The maximum absolute atomic E-state index is 6.12. The van der Waals surface area contributed by atoms with Gasteiger partial charge in [-0.2, -0.15) is 4.98 Å². The first kappa shape index (κ1) is 14.5. The van der Waals surface area contributed by atoms with Crippen molar-refractivity contribution in [3.8, 4) is 17.2 Å². The highest BCUT2D eigenvalue weighted by Gasteiger charge is 2.27. The molecule has 0 spiro atoms. The molecule has 5 nitrogen and oxygen atoms in total. The molecule has 108 valence electrons. The average Bonchev–Trinajstić information content (AvgIpc) is 2.87. The Hall–Kier alpha value is -1.88. The van der Waals surface area contributed by atoms with Crippen molar-refractivity contribution in [3.05, 3.63) is 30.1 Å². The highest BCUT2D eigenvalue weighted by Crippen LogP contribution is 2.30. The van der Waals surface area contributed by atoms with Crippen LogP contribution in [0.15, 0.2) is 28.8 Å². The molecule has 2 rings (SSSR count). The Labute approximate surface area is 119 Å². The average molecular weight is 275 g/mol. The molecule has 0 amide bonds. The summed E-state index contributed by atoms with van der Waals surface area (Å²) in [4.78, 5) is 4.38. The lowest BCUT2D eigenvalue weighted by Crippen LogP contribution is -2.27. The van der Waals surface area contributed by atoms with Crippen molar-refractivity contribution < 1.29 is 9.26 Å². The Morgan fingerprint density at radius 1 is 1.25 bits per heavy atom. The van der Waals surface area contributed by atoms with E-state index >= 15 is 0 Å². The second-order valence-corrected chi connectivity index (χ2v) is 5.76. The van der Waals surface area contributed by atoms with Crippen molar-refractivity contribution >= 4 is 0 Å². The van der Waals surface area contributed by atoms with Gasteiger partial charge in [-0.05, 0) is 36.6 Å². The number of hydrogen-bond acceptors (Lipinski definition) is 5. The van der Waals surface area contributed by atoms with E-state index in [0.717, 1.165) is 11.3 Å². The van der Waals surface area contributed by atoms with Gasteiger partial charge in [-0.25, -0.2) is 0 Å². The van der Waals surface area contributed by atoms with Crippen LogP contribution >= 0.6 is 0 Å². The van der Waals surface area contributed by atoms with Gasteiger partial charge in [0.15, 0.2) is 5.82 Å². The summed E-state index contributed by atoms with van der Waals surface area (Å²) in [5.41, 5.74) is 6.87. The van der Waals surface area contributed by atoms with Crippen LogP contribution in [-0.4, -0.2) is 16.7 Å². The van der Waals surface area contributed by atoms with Crippen LogP contribution in [-0.2, 0) is 0 Å². The fourth-order valence-electron chi connectivity index (χ4n) is 1.73. The minimum atomic E-state index is -0.261. The Bertz CT molecular complexity index is 555. The minimum absolute atomic E-state index is 0.111. The van der Waals surface area contributed by atoms with Crippen molar-refractivity contribution in [2.24, 2.45) is 11.1 Å². The molecule has 5 heteroatoms. The van der Waals surface area contributed by atoms with Crippen LogP contribution < -0.4 is 10.5 Å². The molecule has 0 aliphatic carbocycles. The lowest BCUT2D eigenvalue weighted by molar-refractivity contribution is 0.303. The van der Waals surface area contributed by atoms with Crippen molar-refractivity contribution in [2.75, 3.05) is 6.61 Å². The molecule has 2 aromatic rings. The standard InChI is InChI=1S/C15H21N3O2/c1-5-19-11-8-6-10(7-9-11)14-17-13(18-20-14)12(16)15(2,3)4/h6-9,12H,5,16H2,1-4H3. The summed E-state index contributed by atoms with van der Waals surface area (Å²) in [5, 5.41) is 3.98. The Kier molecular flexibility index (Phi) is 4.09. The number of rotatable bonds is 4. The number of ether oxygens (including phenoxy) is 1. The van der Waals surface area contributed by atoms with Crippen molar-refractivity contribution in [3.63, 3.8) is 0 Å². The van der Waals surface area contributed by atoms with E-state index < -0.39 is 0 Å². The van der Waals surface area contributed by atoms with Crippen LogP contribution in [0.5, 0.6) is 5.75 Å². The predicted molar refractivity (Wildman–Crippen MR) is 77.3 cm³/mol. The summed E-state index contributed by atoms with van der Waals surface area (Å²) in [5.74, 6) is 1.83. The first-order valence-electron chi connectivity index (χ1n) is 6.74. The molecule has 2 N–H and O–H groups in total. The van der Waals surface area contributed by atoms with E-state index in [1.807, 2.05) is 52.0 Å². The molecule has 0 radical (unpaired) electrons. The van der Waals surface area contributed by atoms with Crippen LogP contribution in [0, 0.1) is 5.41 Å². The van der Waals surface area contributed by atoms with Crippen LogP contribution in [0.3, 0.4) is 0 Å². The molecule has 1 heterocycles. The van der Waals surface area contributed by atoms with Gasteiger partial charge in [0.25, 0.3) is 5.89 Å². The third kappa shape index (κ3) is 3.17. The maximum atomic E-state index is 6.12. The zero-order valence-electron chi connectivity index (χ0n) is 12.4. The van der Waals surface area contributed by atoms with E-state index in [4.69, 9.17) is 15.0 Å². The monoisotopic (exact) mass is 275 g/mol. The number of nitrogens with two attached hydrogens (primary N) is 1. The number of benzene rings is 1. The third-order valence-electron chi connectivity index (χ3n) is 3.07. The predicted octanol–water partition coefficient (Wildman–Crippen LogP) is 3.18. The number of hydrogen-bond donors (Lipinski definition) is 1. The van der Waals surface area contributed by atoms with E-state index in [1.54, 1.807) is 0 Å². The zero-order chi connectivity index (χ0) is 14.8. The van der Waals surface area contributed by atoms with Crippen LogP contribution in [0.25, 0.3) is 11.5 Å². The summed E-state index contributed by atoms with van der Waals surface area (Å²) in [6.07, 6.45) is 0. The van der Waals surface area contributed by atoms with Gasteiger partial charge in [-0.15, -0.1) is 0 Å². The molecule has 0 aliphatic heterocycles. The lowest BCUT2D eigenvalue weighted by atomic mass is 9.87. The van der Waals surface area contributed by atoms with Gasteiger partial charge in [-0.3, -0.25) is 0 Å². The molecule has 0 saturated heterocycles. The van der Waals surface area contributed by atoms with Gasteiger partial charge in [0.05, 0.1) is 12.6 Å². The second kappa shape index (κ2) is 5.63. The molecule has 0 aliphatic rings. The van der Waals surface area contributed by atoms with Crippen LogP contribution in [0.4, 0.5) is 0 Å². The molecule has 0 bridgehead atoms. The molecule has 20 heavy (non-hydrogen) atoms. The fraction of sp³-hybridized carbons (Fsp3) is 0.467. The van der Waals surface area contributed by atoms with Crippen LogP contribution in [0.2, 0.25) is 0 Å². The van der Waals surface area contributed by atoms with E-state index in [2.05, 4.69) is 10.1 Å². The van der Waals surface area contributed by atoms with Gasteiger partial charge in [-0.1, -0.05) is 25.9 Å². The highest BCUT2D eigenvalue weighted by molar-refractivity contribution is 5.54. The lowest BCUT2D eigenvalue weighted by Gasteiger charge is -2.23. The molecular weight excluding hydrogens is 254 g/mol. The zero-order valence-corrected chi connectivity index (χ0v) is 12.4. The summed E-state index contributed by atoms with van der Waals surface area (Å²) in [7, 11) is 0. The third-order valence-corrected chi connectivity index (χ3v) is 3.07. The number of aromatic nitrogens is 2. The largest absolute Gasteiger partial charge is 0.494 e. The molecule has 0 fully saturated rings. The van der Waals surface area contributed by atoms with E-state index in [-0.39, 0.29) is 11.5 Å². The van der Waals surface area contributed by atoms with Gasteiger partial charge in [0.2, 0.25) is 0 Å². The summed E-state index contributed by atoms with van der Waals surface area (Å²) >= 11 is 0. The molecule has 1 aromatic carbocycles.